The van der Waals surface area contributed by atoms with Crippen LogP contribution < -0.4 is 15.4 Å². The first-order chi connectivity index (χ1) is 9.25. The monoisotopic (exact) mass is 260 g/mol. The summed E-state index contributed by atoms with van der Waals surface area (Å²) in [5, 5.41) is 6.82. The van der Waals surface area contributed by atoms with Crippen LogP contribution in [-0.2, 0) is 13.0 Å². The molecule has 2 aliphatic rings. The predicted molar refractivity (Wildman–Crippen MR) is 77.6 cm³/mol. The van der Waals surface area contributed by atoms with E-state index in [1.54, 1.807) is 0 Å². The summed E-state index contributed by atoms with van der Waals surface area (Å²) in [6, 6.07) is 6.57. The van der Waals surface area contributed by atoms with E-state index in [9.17, 15) is 0 Å². The maximum absolute atomic E-state index is 6.07. The molecule has 1 fully saturated rings. The third kappa shape index (κ3) is 3.10. The van der Waals surface area contributed by atoms with Crippen LogP contribution in [0.3, 0.4) is 0 Å². The molecule has 0 bridgehead atoms. The summed E-state index contributed by atoms with van der Waals surface area (Å²) < 4.78 is 6.07. The van der Waals surface area contributed by atoms with Crippen molar-refractivity contribution in [2.24, 2.45) is 5.41 Å². The van der Waals surface area contributed by atoms with Crippen molar-refractivity contribution in [2.75, 3.05) is 26.2 Å². The van der Waals surface area contributed by atoms with Crippen LogP contribution in [0.25, 0.3) is 0 Å². The van der Waals surface area contributed by atoms with Crippen molar-refractivity contribution >= 4 is 0 Å². The van der Waals surface area contributed by atoms with Crippen LogP contribution in [-0.4, -0.2) is 26.2 Å². The van der Waals surface area contributed by atoms with Crippen molar-refractivity contribution in [1.29, 1.82) is 0 Å². The average Bonchev–Trinajstić information content (AvgIpc) is 2.46. The molecule has 3 rings (SSSR count). The molecule has 0 radical (unpaired) electrons. The first-order valence-electron chi connectivity index (χ1n) is 7.41. The lowest BCUT2D eigenvalue weighted by Gasteiger charge is -2.33. The van der Waals surface area contributed by atoms with Crippen LogP contribution in [0.5, 0.6) is 5.75 Å². The predicted octanol–water partition coefficient (Wildman–Crippen LogP) is 2.10. The molecule has 0 amide bonds. The number of piperidine rings is 1. The highest BCUT2D eigenvalue weighted by atomic mass is 16.5. The Balaban J connectivity index is 1.63. The van der Waals surface area contributed by atoms with Gasteiger partial charge in [-0.25, -0.2) is 0 Å². The molecule has 0 atom stereocenters. The fourth-order valence-corrected chi connectivity index (χ4v) is 2.98. The minimum absolute atomic E-state index is 0.336. The Morgan fingerprint density at radius 2 is 1.95 bits per heavy atom. The van der Waals surface area contributed by atoms with Crippen molar-refractivity contribution < 1.29 is 4.74 Å². The van der Waals surface area contributed by atoms with Gasteiger partial charge >= 0.3 is 0 Å². The van der Waals surface area contributed by atoms with Gasteiger partial charge in [0.1, 0.15) is 5.75 Å². The van der Waals surface area contributed by atoms with Gasteiger partial charge in [-0.2, -0.15) is 0 Å². The fourth-order valence-electron chi connectivity index (χ4n) is 2.98. The molecule has 1 aromatic rings. The second kappa shape index (κ2) is 5.51. The highest BCUT2D eigenvalue weighted by Crippen LogP contribution is 2.29. The summed E-state index contributed by atoms with van der Waals surface area (Å²) in [6.07, 6.45) is 3.54. The summed E-state index contributed by atoms with van der Waals surface area (Å²) in [5.74, 6) is 1.04. The molecule has 2 heterocycles. The molecule has 19 heavy (non-hydrogen) atoms. The lowest BCUT2D eigenvalue weighted by Crippen LogP contribution is -2.38. The van der Waals surface area contributed by atoms with E-state index in [1.165, 1.54) is 24.0 Å². The largest absolute Gasteiger partial charge is 0.493 e. The molecular formula is C16H24N2O. The summed E-state index contributed by atoms with van der Waals surface area (Å²) in [6.45, 7) is 7.51. The van der Waals surface area contributed by atoms with Gasteiger partial charge in [0.25, 0.3) is 0 Å². The van der Waals surface area contributed by atoms with Gasteiger partial charge in [-0.15, -0.1) is 0 Å². The molecule has 3 heteroatoms. The lowest BCUT2D eigenvalue weighted by atomic mass is 9.82. The van der Waals surface area contributed by atoms with E-state index >= 15 is 0 Å². The summed E-state index contributed by atoms with van der Waals surface area (Å²) in [4.78, 5) is 0. The van der Waals surface area contributed by atoms with Gasteiger partial charge in [0, 0.05) is 12.0 Å². The van der Waals surface area contributed by atoms with Crippen LogP contribution in [0, 0.1) is 5.41 Å². The molecule has 0 spiro atoms. The van der Waals surface area contributed by atoms with E-state index in [0.29, 0.717) is 5.41 Å². The second-order valence-electron chi connectivity index (χ2n) is 6.21. The summed E-state index contributed by atoms with van der Waals surface area (Å²) >= 11 is 0. The van der Waals surface area contributed by atoms with Crippen molar-refractivity contribution in [3.8, 4) is 5.75 Å². The van der Waals surface area contributed by atoms with Crippen LogP contribution in [0.1, 0.15) is 30.9 Å². The molecule has 0 saturated carbocycles. The second-order valence-corrected chi connectivity index (χ2v) is 6.21. The van der Waals surface area contributed by atoms with Gasteiger partial charge in [0.05, 0.1) is 6.61 Å². The maximum Gasteiger partial charge on any atom is 0.119 e. The molecular weight excluding hydrogens is 236 g/mol. The number of benzene rings is 1. The molecule has 0 aliphatic carbocycles. The number of hydrogen-bond acceptors (Lipinski definition) is 3. The van der Waals surface area contributed by atoms with E-state index in [2.05, 4.69) is 35.8 Å². The number of ether oxygens (including phenoxy) is 1. The van der Waals surface area contributed by atoms with Crippen molar-refractivity contribution in [2.45, 2.75) is 32.7 Å². The lowest BCUT2D eigenvalue weighted by molar-refractivity contribution is 0.123. The summed E-state index contributed by atoms with van der Waals surface area (Å²) in [7, 11) is 0. The van der Waals surface area contributed by atoms with Crippen LogP contribution in [0.4, 0.5) is 0 Å². The third-order valence-corrected chi connectivity index (χ3v) is 4.46. The van der Waals surface area contributed by atoms with Gasteiger partial charge in [0.2, 0.25) is 0 Å². The SMILES string of the molecule is CC1(COc2ccc3c(c2)CCNC3)CCNCC1. The number of fused-ring (bicyclic) bond motifs is 1. The zero-order chi connectivity index (χ0) is 13.1. The maximum atomic E-state index is 6.07. The molecule has 104 valence electrons. The smallest absolute Gasteiger partial charge is 0.119 e. The van der Waals surface area contributed by atoms with Crippen molar-refractivity contribution in [3.63, 3.8) is 0 Å². The van der Waals surface area contributed by atoms with Gasteiger partial charge < -0.3 is 15.4 Å². The topological polar surface area (TPSA) is 33.3 Å². The standard InChI is InChI=1S/C16H24N2O/c1-16(5-8-17-9-6-16)12-19-15-3-2-14-11-18-7-4-13(14)10-15/h2-3,10,17-18H,4-9,11-12H2,1H3. The van der Waals surface area contributed by atoms with Crippen molar-refractivity contribution in [1.82, 2.24) is 10.6 Å². The zero-order valence-corrected chi connectivity index (χ0v) is 11.8. The van der Waals surface area contributed by atoms with Gasteiger partial charge in [-0.1, -0.05) is 13.0 Å². The van der Waals surface area contributed by atoms with Gasteiger partial charge in [-0.05, 0) is 62.2 Å². The Hall–Kier alpha value is -1.06. The molecule has 2 N–H and O–H groups in total. The minimum atomic E-state index is 0.336. The number of hydrogen-bond donors (Lipinski definition) is 2. The Bertz CT molecular complexity index is 438. The minimum Gasteiger partial charge on any atom is -0.493 e. The van der Waals surface area contributed by atoms with E-state index in [4.69, 9.17) is 4.74 Å². The Kier molecular flexibility index (Phi) is 3.76. The Morgan fingerprint density at radius 1 is 1.11 bits per heavy atom. The zero-order valence-electron chi connectivity index (χ0n) is 11.8. The van der Waals surface area contributed by atoms with Crippen LogP contribution in [0.2, 0.25) is 0 Å². The molecule has 2 aliphatic heterocycles. The highest BCUT2D eigenvalue weighted by Gasteiger charge is 2.27. The van der Waals surface area contributed by atoms with Crippen LogP contribution >= 0.6 is 0 Å². The Labute approximate surface area is 115 Å². The summed E-state index contributed by atoms with van der Waals surface area (Å²) in [5.41, 5.74) is 3.21. The van der Waals surface area contributed by atoms with Crippen molar-refractivity contribution in [3.05, 3.63) is 29.3 Å². The van der Waals surface area contributed by atoms with E-state index in [0.717, 1.165) is 45.0 Å². The molecule has 1 aromatic carbocycles. The fraction of sp³-hybridized carbons (Fsp3) is 0.625. The van der Waals surface area contributed by atoms with E-state index < -0.39 is 0 Å². The average molecular weight is 260 g/mol. The highest BCUT2D eigenvalue weighted by molar-refractivity contribution is 5.37. The Morgan fingerprint density at radius 3 is 2.79 bits per heavy atom. The normalized spacial score (nSPS) is 21.7. The molecule has 3 nitrogen and oxygen atoms in total. The molecule has 0 aromatic heterocycles. The third-order valence-electron chi connectivity index (χ3n) is 4.46. The van der Waals surface area contributed by atoms with E-state index in [1.807, 2.05) is 0 Å². The number of nitrogens with one attached hydrogen (secondary N) is 2. The first-order valence-corrected chi connectivity index (χ1v) is 7.41. The first kappa shape index (κ1) is 12.9. The van der Waals surface area contributed by atoms with Crippen LogP contribution in [0.15, 0.2) is 18.2 Å². The van der Waals surface area contributed by atoms with Gasteiger partial charge in [0.15, 0.2) is 0 Å². The van der Waals surface area contributed by atoms with Gasteiger partial charge in [-0.3, -0.25) is 0 Å². The number of rotatable bonds is 3. The molecule has 1 saturated heterocycles. The van der Waals surface area contributed by atoms with E-state index in [-0.39, 0.29) is 0 Å². The molecule has 0 unspecified atom stereocenters. The quantitative estimate of drug-likeness (QED) is 0.873.